The Morgan fingerprint density at radius 1 is 1.27 bits per heavy atom. The quantitative estimate of drug-likeness (QED) is 0.655. The predicted molar refractivity (Wildman–Crippen MR) is 115 cm³/mol. The molecule has 1 atom stereocenters. The van der Waals surface area contributed by atoms with E-state index in [2.05, 4.69) is 5.32 Å². The second kappa shape index (κ2) is 9.28. The molecule has 9 heteroatoms. The summed E-state index contributed by atoms with van der Waals surface area (Å²) >= 11 is 1.64. The van der Waals surface area contributed by atoms with Crippen LogP contribution in [0.4, 0.5) is 0 Å². The average molecular weight is 451 g/mol. The number of hydrogen-bond acceptors (Lipinski definition) is 6. The van der Waals surface area contributed by atoms with Crippen LogP contribution in [0.25, 0.3) is 0 Å². The molecule has 2 aromatic rings. The number of thiophene rings is 1. The maximum Gasteiger partial charge on any atom is 0.328 e. The highest BCUT2D eigenvalue weighted by molar-refractivity contribution is 7.89. The molecular formula is C21H26N2O5S2. The van der Waals surface area contributed by atoms with E-state index in [1.807, 2.05) is 25.3 Å². The Hall–Kier alpha value is -2.23. The Morgan fingerprint density at radius 3 is 2.73 bits per heavy atom. The zero-order chi connectivity index (χ0) is 21.9. The molecule has 0 saturated heterocycles. The third kappa shape index (κ3) is 4.91. The zero-order valence-electron chi connectivity index (χ0n) is 17.3. The third-order valence-corrected chi connectivity index (χ3v) is 7.87. The number of carbonyl (C=O) groups is 2. The molecule has 1 amide bonds. The number of nitrogens with one attached hydrogen (secondary N) is 1. The fourth-order valence-corrected chi connectivity index (χ4v) is 5.80. The molecular weight excluding hydrogens is 424 g/mol. The number of carbonyl (C=O) groups excluding carboxylic acids is 2. The average Bonchev–Trinajstić information content (AvgIpc) is 3.20. The summed E-state index contributed by atoms with van der Waals surface area (Å²) in [5.74, 6) is -0.871. The molecule has 30 heavy (non-hydrogen) atoms. The second-order valence-electron chi connectivity index (χ2n) is 7.66. The summed E-state index contributed by atoms with van der Waals surface area (Å²) < 4.78 is 32.5. The van der Waals surface area contributed by atoms with Crippen molar-refractivity contribution in [1.29, 1.82) is 0 Å². The molecule has 3 rings (SSSR count). The molecule has 1 aromatic heterocycles. The monoisotopic (exact) mass is 450 g/mol. The first-order chi connectivity index (χ1) is 14.2. The van der Waals surface area contributed by atoms with Crippen molar-refractivity contribution in [3.63, 3.8) is 0 Å². The van der Waals surface area contributed by atoms with E-state index in [1.165, 1.54) is 40.6 Å². The van der Waals surface area contributed by atoms with Gasteiger partial charge in [-0.2, -0.15) is 4.31 Å². The molecule has 0 aliphatic carbocycles. The van der Waals surface area contributed by atoms with Crippen LogP contribution in [0.2, 0.25) is 0 Å². The lowest BCUT2D eigenvalue weighted by atomic mass is 10.0. The van der Waals surface area contributed by atoms with Crippen molar-refractivity contribution in [2.24, 2.45) is 5.92 Å². The number of hydrogen-bond donors (Lipinski definition) is 1. The van der Waals surface area contributed by atoms with E-state index in [1.54, 1.807) is 11.3 Å². The molecule has 2 heterocycles. The molecule has 162 valence electrons. The second-order valence-corrected chi connectivity index (χ2v) is 10.6. The van der Waals surface area contributed by atoms with Gasteiger partial charge in [-0.15, -0.1) is 11.3 Å². The maximum absolute atomic E-state index is 13.1. The van der Waals surface area contributed by atoms with Gasteiger partial charge in [-0.25, -0.2) is 13.2 Å². The van der Waals surface area contributed by atoms with Crippen LogP contribution in [-0.4, -0.2) is 44.3 Å². The van der Waals surface area contributed by atoms with Crippen LogP contribution in [0.3, 0.4) is 0 Å². The highest BCUT2D eigenvalue weighted by Crippen LogP contribution is 2.28. The number of benzene rings is 1. The van der Waals surface area contributed by atoms with E-state index in [0.29, 0.717) is 25.9 Å². The van der Waals surface area contributed by atoms with E-state index < -0.39 is 27.9 Å². The minimum absolute atomic E-state index is 0.0623. The lowest BCUT2D eigenvalue weighted by Crippen LogP contribution is -2.42. The SMILES string of the molecule is COC(=O)C(CC(C)C)NC(=O)c1cccc(S(=O)(=O)N2CCc3sccc3C2)c1. The lowest BCUT2D eigenvalue weighted by Gasteiger charge is -2.26. The Balaban J connectivity index is 1.79. The van der Waals surface area contributed by atoms with Crippen LogP contribution in [0.15, 0.2) is 40.6 Å². The summed E-state index contributed by atoms with van der Waals surface area (Å²) in [5, 5.41) is 4.64. The Morgan fingerprint density at radius 2 is 2.03 bits per heavy atom. The topological polar surface area (TPSA) is 92.8 Å². The van der Waals surface area contributed by atoms with Crippen LogP contribution in [0.1, 0.15) is 41.1 Å². The minimum atomic E-state index is -3.74. The Kier molecular flexibility index (Phi) is 6.95. The molecule has 7 nitrogen and oxygen atoms in total. The van der Waals surface area contributed by atoms with Gasteiger partial charge in [-0.1, -0.05) is 19.9 Å². The minimum Gasteiger partial charge on any atom is -0.467 e. The standard InChI is InChI=1S/C21H26N2O5S2/c1-14(2)11-18(21(25)28-3)22-20(24)15-5-4-6-17(12-15)30(26,27)23-9-7-19-16(13-23)8-10-29-19/h4-6,8,10,12,14,18H,7,9,11,13H2,1-3H3,(H,22,24). The summed E-state index contributed by atoms with van der Waals surface area (Å²) in [4.78, 5) is 26.0. The fraction of sp³-hybridized carbons (Fsp3) is 0.429. The van der Waals surface area contributed by atoms with Gasteiger partial charge in [0, 0.05) is 23.5 Å². The Labute approximate surface area is 181 Å². The van der Waals surface area contributed by atoms with Gasteiger partial charge in [0.25, 0.3) is 5.91 Å². The number of rotatable bonds is 7. The van der Waals surface area contributed by atoms with Crippen LogP contribution in [0.5, 0.6) is 0 Å². The number of nitrogens with zero attached hydrogens (tertiary/aromatic N) is 1. The van der Waals surface area contributed by atoms with E-state index in [0.717, 1.165) is 5.56 Å². The molecule has 1 aliphatic rings. The fourth-order valence-electron chi connectivity index (χ4n) is 3.44. The van der Waals surface area contributed by atoms with Crippen molar-refractivity contribution in [1.82, 2.24) is 9.62 Å². The summed E-state index contributed by atoms with van der Waals surface area (Å²) in [7, 11) is -2.47. The number of esters is 1. The van der Waals surface area contributed by atoms with E-state index in [-0.39, 0.29) is 16.4 Å². The molecule has 1 aliphatic heterocycles. The largest absolute Gasteiger partial charge is 0.467 e. The van der Waals surface area contributed by atoms with E-state index in [9.17, 15) is 18.0 Å². The van der Waals surface area contributed by atoms with Gasteiger partial charge < -0.3 is 10.1 Å². The molecule has 0 saturated carbocycles. The summed E-state index contributed by atoms with van der Waals surface area (Å²) in [6, 6.07) is 7.08. The van der Waals surface area contributed by atoms with Gasteiger partial charge in [-0.05, 0) is 54.0 Å². The summed E-state index contributed by atoms with van der Waals surface area (Å²) in [6.07, 6.45) is 1.11. The third-order valence-electron chi connectivity index (χ3n) is 5.00. The lowest BCUT2D eigenvalue weighted by molar-refractivity contribution is -0.143. The van der Waals surface area contributed by atoms with Crippen molar-refractivity contribution in [2.75, 3.05) is 13.7 Å². The van der Waals surface area contributed by atoms with Crippen LogP contribution < -0.4 is 5.32 Å². The number of ether oxygens (including phenoxy) is 1. The highest BCUT2D eigenvalue weighted by atomic mass is 32.2. The van der Waals surface area contributed by atoms with Crippen molar-refractivity contribution in [3.8, 4) is 0 Å². The smallest absolute Gasteiger partial charge is 0.328 e. The molecule has 0 fully saturated rings. The van der Waals surface area contributed by atoms with Gasteiger partial charge in [0.2, 0.25) is 10.0 Å². The first-order valence-electron chi connectivity index (χ1n) is 9.76. The number of fused-ring (bicyclic) bond motifs is 1. The first kappa shape index (κ1) is 22.5. The van der Waals surface area contributed by atoms with E-state index in [4.69, 9.17) is 4.74 Å². The van der Waals surface area contributed by atoms with Crippen molar-refractivity contribution in [2.45, 2.75) is 44.2 Å². The van der Waals surface area contributed by atoms with Gasteiger partial charge in [0.05, 0.1) is 12.0 Å². The van der Waals surface area contributed by atoms with Crippen LogP contribution in [-0.2, 0) is 32.5 Å². The van der Waals surface area contributed by atoms with Crippen molar-refractivity contribution in [3.05, 3.63) is 51.7 Å². The molecule has 1 N–H and O–H groups in total. The van der Waals surface area contributed by atoms with Crippen LogP contribution >= 0.6 is 11.3 Å². The molecule has 1 aromatic carbocycles. The normalized spacial score (nSPS) is 15.5. The van der Waals surface area contributed by atoms with Gasteiger partial charge >= 0.3 is 5.97 Å². The highest BCUT2D eigenvalue weighted by Gasteiger charge is 2.30. The van der Waals surface area contributed by atoms with Gasteiger partial charge in [0.1, 0.15) is 6.04 Å². The molecule has 0 bridgehead atoms. The number of amides is 1. The Bertz CT molecular complexity index is 1030. The number of methoxy groups -OCH3 is 1. The van der Waals surface area contributed by atoms with Gasteiger partial charge in [0.15, 0.2) is 0 Å². The van der Waals surface area contributed by atoms with Crippen molar-refractivity contribution < 1.29 is 22.7 Å². The van der Waals surface area contributed by atoms with Crippen LogP contribution in [0, 0.1) is 5.92 Å². The summed E-state index contributed by atoms with van der Waals surface area (Å²) in [5.41, 5.74) is 1.21. The molecule has 0 spiro atoms. The number of sulfonamides is 1. The molecule has 0 radical (unpaired) electrons. The first-order valence-corrected chi connectivity index (χ1v) is 12.1. The zero-order valence-corrected chi connectivity index (χ0v) is 18.9. The van der Waals surface area contributed by atoms with Gasteiger partial charge in [-0.3, -0.25) is 4.79 Å². The molecule has 1 unspecified atom stereocenters. The van der Waals surface area contributed by atoms with Crippen molar-refractivity contribution >= 4 is 33.2 Å². The van der Waals surface area contributed by atoms with E-state index >= 15 is 0 Å². The predicted octanol–water partition coefficient (Wildman–Crippen LogP) is 2.81. The maximum atomic E-state index is 13.1. The summed E-state index contributed by atoms with van der Waals surface area (Å²) in [6.45, 7) is 4.61.